The summed E-state index contributed by atoms with van der Waals surface area (Å²) >= 11 is 5.03. The lowest BCUT2D eigenvalue weighted by Gasteiger charge is -2.39. The molecule has 1 aromatic heterocycles. The summed E-state index contributed by atoms with van der Waals surface area (Å²) in [7, 11) is 0. The zero-order chi connectivity index (χ0) is 19.1. The summed E-state index contributed by atoms with van der Waals surface area (Å²) in [6, 6.07) is 14.2. The fraction of sp³-hybridized carbons (Fsp3) is 0.238. The first kappa shape index (κ1) is 18.0. The molecule has 1 atom stereocenters. The lowest BCUT2D eigenvalue weighted by atomic mass is 9.78. The second-order valence-electron chi connectivity index (χ2n) is 6.79. The van der Waals surface area contributed by atoms with E-state index in [-0.39, 0.29) is 11.7 Å². The number of nitrogens with zero attached hydrogens (tertiary/aromatic N) is 2. The van der Waals surface area contributed by atoms with Gasteiger partial charge in [0.1, 0.15) is 5.82 Å². The summed E-state index contributed by atoms with van der Waals surface area (Å²) in [6.45, 7) is 2.03. The van der Waals surface area contributed by atoms with Gasteiger partial charge in [-0.25, -0.2) is 0 Å². The van der Waals surface area contributed by atoms with Crippen LogP contribution in [0.25, 0.3) is 0 Å². The molecule has 0 spiro atoms. The first-order valence-electron chi connectivity index (χ1n) is 8.79. The fourth-order valence-electron chi connectivity index (χ4n) is 3.84. The predicted octanol–water partition coefficient (Wildman–Crippen LogP) is 5.12. The van der Waals surface area contributed by atoms with Crippen molar-refractivity contribution in [2.45, 2.75) is 32.1 Å². The number of nitrogens with two attached hydrogens (primary N) is 1. The molecule has 0 fully saturated rings. The molecule has 0 saturated heterocycles. The lowest BCUT2D eigenvalue weighted by molar-refractivity contribution is -0.116. The molecule has 4 nitrogen and oxygen atoms in total. The van der Waals surface area contributed by atoms with Crippen molar-refractivity contribution >= 4 is 38.7 Å². The van der Waals surface area contributed by atoms with Gasteiger partial charge >= 0.3 is 0 Å². The quantitative estimate of drug-likeness (QED) is 0.704. The van der Waals surface area contributed by atoms with E-state index in [2.05, 4.69) is 22.0 Å². The standard InChI is InChI=1S/C21H18BrN3OS/c1-12-5-7-13(8-6-12)25-15-3-2-4-16(26)20(15)19(14(11-23)21(25)24)17-9-10-18(22)27-17/h5-10,19H,2-4,24H2,1H3. The molecule has 2 aromatic rings. The maximum atomic E-state index is 13.0. The number of allylic oxidation sites excluding steroid dienone is 3. The molecule has 2 aliphatic rings. The second-order valence-corrected chi connectivity index (χ2v) is 9.29. The molecule has 0 saturated carbocycles. The average Bonchev–Trinajstić information content (AvgIpc) is 3.08. The van der Waals surface area contributed by atoms with E-state index >= 15 is 0 Å². The smallest absolute Gasteiger partial charge is 0.161 e. The van der Waals surface area contributed by atoms with Gasteiger partial charge in [-0.05, 0) is 60.0 Å². The molecular weight excluding hydrogens is 422 g/mol. The number of carbonyl (C=O) groups excluding carboxylic acids is 1. The van der Waals surface area contributed by atoms with Gasteiger partial charge in [-0.3, -0.25) is 9.69 Å². The number of aryl methyl sites for hydroxylation is 1. The molecule has 136 valence electrons. The van der Waals surface area contributed by atoms with E-state index < -0.39 is 0 Å². The Hall–Kier alpha value is -2.36. The third kappa shape index (κ3) is 3.01. The van der Waals surface area contributed by atoms with Gasteiger partial charge in [0.2, 0.25) is 0 Å². The molecule has 2 N–H and O–H groups in total. The number of nitriles is 1. The number of anilines is 1. The summed E-state index contributed by atoms with van der Waals surface area (Å²) < 4.78 is 0.972. The molecule has 1 aromatic carbocycles. The van der Waals surface area contributed by atoms with E-state index in [1.807, 2.05) is 48.2 Å². The zero-order valence-electron chi connectivity index (χ0n) is 14.8. The van der Waals surface area contributed by atoms with Crippen LogP contribution in [0.2, 0.25) is 0 Å². The highest BCUT2D eigenvalue weighted by Gasteiger charge is 2.40. The maximum Gasteiger partial charge on any atom is 0.161 e. The van der Waals surface area contributed by atoms with Crippen LogP contribution in [0, 0.1) is 18.3 Å². The number of hydrogen-bond acceptors (Lipinski definition) is 5. The Morgan fingerprint density at radius 1 is 1.22 bits per heavy atom. The second kappa shape index (κ2) is 6.99. The van der Waals surface area contributed by atoms with Crippen LogP contribution in [0.1, 0.15) is 35.6 Å². The summed E-state index contributed by atoms with van der Waals surface area (Å²) in [4.78, 5) is 15.8. The van der Waals surface area contributed by atoms with Gasteiger partial charge in [-0.2, -0.15) is 5.26 Å². The van der Waals surface area contributed by atoms with Gasteiger partial charge in [0, 0.05) is 28.3 Å². The van der Waals surface area contributed by atoms with E-state index in [1.165, 1.54) is 0 Å². The summed E-state index contributed by atoms with van der Waals surface area (Å²) in [5.74, 6) is 0.156. The van der Waals surface area contributed by atoms with Crippen LogP contribution in [-0.4, -0.2) is 5.78 Å². The molecule has 0 amide bonds. The van der Waals surface area contributed by atoms with E-state index in [0.717, 1.165) is 44.0 Å². The average molecular weight is 440 g/mol. The lowest BCUT2D eigenvalue weighted by Crippen LogP contribution is -2.38. The number of halogens is 1. The van der Waals surface area contributed by atoms with Gasteiger partial charge in [0.15, 0.2) is 5.78 Å². The number of Topliss-reactive ketones (excluding diaryl/α,β-unsaturated/α-hetero) is 1. The van der Waals surface area contributed by atoms with E-state index in [4.69, 9.17) is 5.73 Å². The van der Waals surface area contributed by atoms with Crippen molar-refractivity contribution in [3.05, 3.63) is 73.3 Å². The highest BCUT2D eigenvalue weighted by molar-refractivity contribution is 9.11. The molecule has 1 unspecified atom stereocenters. The van der Waals surface area contributed by atoms with Crippen LogP contribution in [0.15, 0.2) is 62.8 Å². The summed E-state index contributed by atoms with van der Waals surface area (Å²) in [6.07, 6.45) is 2.09. The molecule has 1 aliphatic carbocycles. The molecule has 2 heterocycles. The predicted molar refractivity (Wildman–Crippen MR) is 111 cm³/mol. The van der Waals surface area contributed by atoms with Gasteiger partial charge in [0.25, 0.3) is 0 Å². The molecular formula is C21H18BrN3OS. The Balaban J connectivity index is 1.96. The summed E-state index contributed by atoms with van der Waals surface area (Å²) in [5, 5.41) is 9.93. The fourth-order valence-corrected chi connectivity index (χ4v) is 5.39. The molecule has 0 radical (unpaired) electrons. The Bertz CT molecular complexity index is 1030. The van der Waals surface area contributed by atoms with Crippen LogP contribution >= 0.6 is 27.3 Å². The summed E-state index contributed by atoms with van der Waals surface area (Å²) in [5.41, 5.74) is 10.7. The Kier molecular flexibility index (Phi) is 4.67. The SMILES string of the molecule is Cc1ccc(N2C(N)=C(C#N)C(c3ccc(Br)s3)C3=C2CCCC3=O)cc1. The number of ketones is 1. The Morgan fingerprint density at radius 3 is 2.59 bits per heavy atom. The first-order chi connectivity index (χ1) is 13.0. The number of hydrogen-bond donors (Lipinski definition) is 1. The third-order valence-corrected chi connectivity index (χ3v) is 6.77. The molecule has 4 rings (SSSR count). The molecule has 27 heavy (non-hydrogen) atoms. The van der Waals surface area contributed by atoms with Gasteiger partial charge < -0.3 is 5.73 Å². The maximum absolute atomic E-state index is 13.0. The van der Waals surface area contributed by atoms with Crippen molar-refractivity contribution < 1.29 is 4.79 Å². The van der Waals surface area contributed by atoms with Gasteiger partial charge in [-0.1, -0.05) is 17.7 Å². The largest absolute Gasteiger partial charge is 0.384 e. The van der Waals surface area contributed by atoms with Crippen molar-refractivity contribution in [1.29, 1.82) is 5.26 Å². The van der Waals surface area contributed by atoms with E-state index in [0.29, 0.717) is 17.8 Å². The highest BCUT2D eigenvalue weighted by atomic mass is 79.9. The topological polar surface area (TPSA) is 70.1 Å². The van der Waals surface area contributed by atoms with Crippen LogP contribution < -0.4 is 10.6 Å². The van der Waals surface area contributed by atoms with Gasteiger partial charge in [-0.15, -0.1) is 11.3 Å². The van der Waals surface area contributed by atoms with Crippen molar-refractivity contribution in [1.82, 2.24) is 0 Å². The third-order valence-electron chi connectivity index (χ3n) is 5.08. The number of benzene rings is 1. The first-order valence-corrected chi connectivity index (χ1v) is 10.4. The minimum absolute atomic E-state index is 0.114. The molecule has 1 aliphatic heterocycles. The van der Waals surface area contributed by atoms with Crippen molar-refractivity contribution in [2.75, 3.05) is 4.90 Å². The van der Waals surface area contributed by atoms with Crippen molar-refractivity contribution in [2.24, 2.45) is 5.73 Å². The normalized spacial score (nSPS) is 20.0. The molecule has 0 bridgehead atoms. The number of rotatable bonds is 2. The minimum Gasteiger partial charge on any atom is -0.384 e. The van der Waals surface area contributed by atoms with Crippen molar-refractivity contribution in [3.63, 3.8) is 0 Å². The van der Waals surface area contributed by atoms with Gasteiger partial charge in [0.05, 0.1) is 21.3 Å². The van der Waals surface area contributed by atoms with E-state index in [9.17, 15) is 10.1 Å². The van der Waals surface area contributed by atoms with Crippen LogP contribution in [0.3, 0.4) is 0 Å². The Labute approximate surface area is 170 Å². The monoisotopic (exact) mass is 439 g/mol. The van der Waals surface area contributed by atoms with Crippen LogP contribution in [0.4, 0.5) is 5.69 Å². The van der Waals surface area contributed by atoms with Crippen LogP contribution in [0.5, 0.6) is 0 Å². The number of carbonyl (C=O) groups is 1. The molecule has 6 heteroatoms. The van der Waals surface area contributed by atoms with Crippen molar-refractivity contribution in [3.8, 4) is 6.07 Å². The number of thiophene rings is 1. The van der Waals surface area contributed by atoms with Crippen LogP contribution in [-0.2, 0) is 4.79 Å². The van der Waals surface area contributed by atoms with E-state index in [1.54, 1.807) is 11.3 Å². The Morgan fingerprint density at radius 2 is 1.96 bits per heavy atom. The highest BCUT2D eigenvalue weighted by Crippen LogP contribution is 2.48. The zero-order valence-corrected chi connectivity index (χ0v) is 17.2. The minimum atomic E-state index is -0.379.